The molecule has 1 aromatic heterocycles. The Kier molecular flexibility index (Phi) is 4.82. The molecule has 102 valence electrons. The molecule has 0 spiro atoms. The van der Waals surface area contributed by atoms with Gasteiger partial charge in [-0.3, -0.25) is 0 Å². The van der Waals surface area contributed by atoms with Gasteiger partial charge in [-0.15, -0.1) is 11.3 Å². The van der Waals surface area contributed by atoms with E-state index in [9.17, 15) is 0 Å². The minimum Gasteiger partial charge on any atom is -0.309 e. The van der Waals surface area contributed by atoms with Gasteiger partial charge in [-0.2, -0.15) is 0 Å². The van der Waals surface area contributed by atoms with Crippen molar-refractivity contribution in [3.05, 3.63) is 56.7 Å². The molecule has 0 radical (unpaired) electrons. The number of rotatable bonds is 5. The first-order chi connectivity index (χ1) is 9.00. The summed E-state index contributed by atoms with van der Waals surface area (Å²) in [4.78, 5) is 1.43. The number of halogens is 1. The van der Waals surface area contributed by atoms with Crippen LogP contribution in [0.3, 0.4) is 0 Å². The van der Waals surface area contributed by atoms with E-state index in [1.807, 2.05) is 11.3 Å². The highest BCUT2D eigenvalue weighted by Crippen LogP contribution is 2.28. The van der Waals surface area contributed by atoms with Gasteiger partial charge >= 0.3 is 0 Å². The molecular formula is C16H20BrNS. The van der Waals surface area contributed by atoms with Gasteiger partial charge in [0.2, 0.25) is 0 Å². The van der Waals surface area contributed by atoms with Crippen molar-refractivity contribution in [1.82, 2.24) is 5.32 Å². The second-order valence-electron chi connectivity index (χ2n) is 5.49. The summed E-state index contributed by atoms with van der Waals surface area (Å²) >= 11 is 5.45. The first-order valence-corrected chi connectivity index (χ1v) is 8.20. The number of nitrogens with one attached hydrogen (secondary N) is 1. The van der Waals surface area contributed by atoms with E-state index in [-0.39, 0.29) is 5.41 Å². The summed E-state index contributed by atoms with van der Waals surface area (Å²) in [6.07, 6.45) is 0. The molecule has 0 bridgehead atoms. The normalized spacial score (nSPS) is 13.5. The highest BCUT2D eigenvalue weighted by atomic mass is 79.9. The van der Waals surface area contributed by atoms with E-state index in [0.717, 1.165) is 6.54 Å². The zero-order chi connectivity index (χ0) is 13.9. The molecule has 1 heterocycles. The maximum atomic E-state index is 3.64. The molecule has 0 aliphatic carbocycles. The standard InChI is InChI=1S/C16H20BrNS/c1-12(13-7-4-5-8-14(13)17)18-11-16(2,3)15-9-6-10-19-15/h4-10,12,18H,11H2,1-3H3. The van der Waals surface area contributed by atoms with Crippen LogP contribution in [0.25, 0.3) is 0 Å². The first kappa shape index (κ1) is 14.8. The SMILES string of the molecule is CC(NCC(C)(C)c1cccs1)c1ccccc1Br. The molecule has 1 aromatic carbocycles. The first-order valence-electron chi connectivity index (χ1n) is 6.52. The van der Waals surface area contributed by atoms with Crippen LogP contribution < -0.4 is 5.32 Å². The second-order valence-corrected chi connectivity index (χ2v) is 7.29. The fourth-order valence-corrected chi connectivity index (χ4v) is 3.58. The Hall–Kier alpha value is -0.640. The van der Waals surface area contributed by atoms with Crippen LogP contribution in [-0.2, 0) is 5.41 Å². The molecule has 19 heavy (non-hydrogen) atoms. The fourth-order valence-electron chi connectivity index (χ4n) is 2.10. The molecule has 0 aliphatic heterocycles. The van der Waals surface area contributed by atoms with Crippen molar-refractivity contribution in [2.45, 2.75) is 32.2 Å². The Balaban J connectivity index is 2.01. The van der Waals surface area contributed by atoms with Gasteiger partial charge in [-0.1, -0.05) is 54.0 Å². The van der Waals surface area contributed by atoms with Crippen LogP contribution in [0.4, 0.5) is 0 Å². The summed E-state index contributed by atoms with van der Waals surface area (Å²) < 4.78 is 1.17. The van der Waals surface area contributed by atoms with Crippen molar-refractivity contribution in [3.63, 3.8) is 0 Å². The summed E-state index contributed by atoms with van der Waals surface area (Å²) in [6, 6.07) is 13.1. The molecule has 0 fully saturated rings. The molecule has 2 aromatic rings. The van der Waals surface area contributed by atoms with Crippen molar-refractivity contribution >= 4 is 27.3 Å². The lowest BCUT2D eigenvalue weighted by Crippen LogP contribution is -2.33. The Morgan fingerprint density at radius 1 is 1.21 bits per heavy atom. The Morgan fingerprint density at radius 3 is 2.58 bits per heavy atom. The lowest BCUT2D eigenvalue weighted by molar-refractivity contribution is 0.441. The van der Waals surface area contributed by atoms with E-state index in [2.05, 4.69) is 83.8 Å². The largest absolute Gasteiger partial charge is 0.309 e. The van der Waals surface area contributed by atoms with Gasteiger partial charge in [0.05, 0.1) is 0 Å². The average Bonchev–Trinajstić information content (AvgIpc) is 2.91. The summed E-state index contributed by atoms with van der Waals surface area (Å²) in [5.41, 5.74) is 1.48. The van der Waals surface area contributed by atoms with Crippen LogP contribution in [0.1, 0.15) is 37.3 Å². The predicted octanol–water partition coefficient (Wildman–Crippen LogP) is 5.14. The Bertz CT molecular complexity index is 519. The molecule has 0 saturated carbocycles. The summed E-state index contributed by atoms with van der Waals surface area (Å²) in [5, 5.41) is 5.79. The molecule has 0 aliphatic rings. The quantitative estimate of drug-likeness (QED) is 0.796. The highest BCUT2D eigenvalue weighted by Gasteiger charge is 2.22. The minimum absolute atomic E-state index is 0.170. The summed E-state index contributed by atoms with van der Waals surface area (Å²) in [7, 11) is 0. The van der Waals surface area contributed by atoms with Gasteiger partial charge in [0, 0.05) is 27.4 Å². The van der Waals surface area contributed by atoms with Gasteiger partial charge < -0.3 is 5.32 Å². The van der Waals surface area contributed by atoms with Crippen LogP contribution in [0.5, 0.6) is 0 Å². The molecule has 1 N–H and O–H groups in total. The predicted molar refractivity (Wildman–Crippen MR) is 87.9 cm³/mol. The van der Waals surface area contributed by atoms with E-state index < -0.39 is 0 Å². The minimum atomic E-state index is 0.170. The lowest BCUT2D eigenvalue weighted by Gasteiger charge is -2.26. The van der Waals surface area contributed by atoms with Crippen molar-refractivity contribution in [1.29, 1.82) is 0 Å². The van der Waals surface area contributed by atoms with E-state index >= 15 is 0 Å². The third kappa shape index (κ3) is 3.68. The smallest absolute Gasteiger partial charge is 0.0303 e. The number of hydrogen-bond acceptors (Lipinski definition) is 2. The van der Waals surface area contributed by atoms with Crippen molar-refractivity contribution in [3.8, 4) is 0 Å². The lowest BCUT2D eigenvalue weighted by atomic mass is 9.91. The zero-order valence-electron chi connectivity index (χ0n) is 11.6. The number of benzene rings is 1. The van der Waals surface area contributed by atoms with Crippen molar-refractivity contribution in [2.75, 3.05) is 6.54 Å². The van der Waals surface area contributed by atoms with Crippen molar-refractivity contribution < 1.29 is 0 Å². The summed E-state index contributed by atoms with van der Waals surface area (Å²) in [5.74, 6) is 0. The number of thiophene rings is 1. The van der Waals surface area contributed by atoms with Crippen LogP contribution in [0.2, 0.25) is 0 Å². The van der Waals surface area contributed by atoms with Gasteiger partial charge in [0.1, 0.15) is 0 Å². The van der Waals surface area contributed by atoms with E-state index in [1.165, 1.54) is 14.9 Å². The van der Waals surface area contributed by atoms with Crippen molar-refractivity contribution in [2.24, 2.45) is 0 Å². The molecular weight excluding hydrogens is 318 g/mol. The maximum absolute atomic E-state index is 3.64. The third-order valence-electron chi connectivity index (χ3n) is 3.41. The molecule has 2 rings (SSSR count). The molecule has 1 atom stereocenters. The number of hydrogen-bond donors (Lipinski definition) is 1. The maximum Gasteiger partial charge on any atom is 0.0303 e. The topological polar surface area (TPSA) is 12.0 Å². The van der Waals surface area contributed by atoms with Gasteiger partial charge in [-0.25, -0.2) is 0 Å². The van der Waals surface area contributed by atoms with Gasteiger partial charge in [-0.05, 0) is 30.0 Å². The fraction of sp³-hybridized carbons (Fsp3) is 0.375. The van der Waals surface area contributed by atoms with Crippen LogP contribution in [0, 0.1) is 0 Å². The van der Waals surface area contributed by atoms with E-state index in [1.54, 1.807) is 0 Å². The van der Waals surface area contributed by atoms with E-state index in [4.69, 9.17) is 0 Å². The highest BCUT2D eigenvalue weighted by molar-refractivity contribution is 9.10. The molecule has 1 unspecified atom stereocenters. The van der Waals surface area contributed by atoms with Crippen LogP contribution in [-0.4, -0.2) is 6.54 Å². The van der Waals surface area contributed by atoms with E-state index in [0.29, 0.717) is 6.04 Å². The zero-order valence-corrected chi connectivity index (χ0v) is 14.0. The average molecular weight is 338 g/mol. The monoisotopic (exact) mass is 337 g/mol. The molecule has 3 heteroatoms. The Morgan fingerprint density at radius 2 is 1.95 bits per heavy atom. The van der Waals surface area contributed by atoms with Crippen LogP contribution in [0.15, 0.2) is 46.3 Å². The molecule has 0 saturated heterocycles. The molecule has 1 nitrogen and oxygen atoms in total. The third-order valence-corrected chi connectivity index (χ3v) is 5.37. The second kappa shape index (κ2) is 6.21. The van der Waals surface area contributed by atoms with Gasteiger partial charge in [0.15, 0.2) is 0 Å². The Labute approximate surface area is 128 Å². The molecule has 0 amide bonds. The van der Waals surface area contributed by atoms with Gasteiger partial charge in [0.25, 0.3) is 0 Å². The summed E-state index contributed by atoms with van der Waals surface area (Å²) in [6.45, 7) is 7.76. The van der Waals surface area contributed by atoms with Crippen LogP contribution >= 0.6 is 27.3 Å².